The third-order valence-electron chi connectivity index (χ3n) is 3.48. The van der Waals surface area contributed by atoms with Gasteiger partial charge in [0.15, 0.2) is 0 Å². The molecule has 0 aliphatic heterocycles. The lowest BCUT2D eigenvalue weighted by atomic mass is 10.2. The van der Waals surface area contributed by atoms with E-state index in [1.165, 1.54) is 6.07 Å². The fourth-order valence-corrected chi connectivity index (χ4v) is 2.35. The Morgan fingerprint density at radius 3 is 2.57 bits per heavy atom. The summed E-state index contributed by atoms with van der Waals surface area (Å²) in [4.78, 5) is 10.5. The maximum Gasteiger partial charge on any atom is 0.271 e. The number of nitrogens with zero attached hydrogens (tertiary/aromatic N) is 2. The van der Waals surface area contributed by atoms with E-state index in [0.29, 0.717) is 6.54 Å². The van der Waals surface area contributed by atoms with Crippen LogP contribution in [0.4, 0.5) is 5.69 Å². The first-order valence-corrected chi connectivity index (χ1v) is 6.53. The molecule has 0 bridgehead atoms. The van der Waals surface area contributed by atoms with Gasteiger partial charge in [-0.25, -0.2) is 0 Å². The van der Waals surface area contributed by atoms with Gasteiger partial charge in [0.2, 0.25) is 0 Å². The van der Waals surface area contributed by atoms with Gasteiger partial charge in [0.05, 0.1) is 17.5 Å². The highest BCUT2D eigenvalue weighted by Crippen LogP contribution is 2.23. The molecule has 0 spiro atoms. The van der Waals surface area contributed by atoms with Crippen molar-refractivity contribution in [1.82, 2.24) is 4.57 Å². The average Bonchev–Trinajstić information content (AvgIpc) is 2.90. The lowest BCUT2D eigenvalue weighted by Crippen LogP contribution is -1.98. The van der Waals surface area contributed by atoms with Crippen LogP contribution in [-0.4, -0.2) is 16.6 Å². The number of nitro groups is 1. The molecule has 0 saturated carbocycles. The van der Waals surface area contributed by atoms with Crippen LogP contribution in [0.5, 0.6) is 5.75 Å². The van der Waals surface area contributed by atoms with E-state index in [2.05, 4.69) is 0 Å². The second-order valence-corrected chi connectivity index (χ2v) is 4.79. The van der Waals surface area contributed by atoms with Crippen LogP contribution in [0.3, 0.4) is 0 Å². The molecule has 0 unspecified atom stereocenters. The molecule has 5 nitrogen and oxygen atoms in total. The van der Waals surface area contributed by atoms with E-state index in [4.69, 9.17) is 4.74 Å². The summed E-state index contributed by atoms with van der Waals surface area (Å²) in [7, 11) is 1.63. The van der Waals surface area contributed by atoms with E-state index in [9.17, 15) is 10.1 Å². The van der Waals surface area contributed by atoms with Crippen molar-refractivity contribution in [2.75, 3.05) is 7.11 Å². The van der Waals surface area contributed by atoms with Crippen LogP contribution in [0, 0.1) is 10.1 Å². The Labute approximate surface area is 121 Å². The van der Waals surface area contributed by atoms with Crippen molar-refractivity contribution in [2.24, 2.45) is 0 Å². The lowest BCUT2D eigenvalue weighted by Gasteiger charge is -2.07. The molecule has 106 valence electrons. The number of rotatable bonds is 4. The molecule has 3 rings (SSSR count). The van der Waals surface area contributed by atoms with Crippen molar-refractivity contribution in [3.8, 4) is 5.75 Å². The molecule has 1 heterocycles. The van der Waals surface area contributed by atoms with E-state index in [1.54, 1.807) is 19.2 Å². The molecule has 5 heteroatoms. The highest BCUT2D eigenvalue weighted by atomic mass is 16.6. The Kier molecular flexibility index (Phi) is 3.31. The molecule has 0 aliphatic rings. The Hall–Kier alpha value is -2.82. The van der Waals surface area contributed by atoms with Crippen molar-refractivity contribution < 1.29 is 9.66 Å². The van der Waals surface area contributed by atoms with Crippen LogP contribution >= 0.6 is 0 Å². The molecule has 0 saturated heterocycles. The smallest absolute Gasteiger partial charge is 0.271 e. The monoisotopic (exact) mass is 282 g/mol. The van der Waals surface area contributed by atoms with Gasteiger partial charge in [0.1, 0.15) is 5.75 Å². The maximum atomic E-state index is 10.9. The van der Waals surface area contributed by atoms with Crippen LogP contribution in [-0.2, 0) is 6.54 Å². The van der Waals surface area contributed by atoms with Gasteiger partial charge in [-0.2, -0.15) is 0 Å². The maximum absolute atomic E-state index is 10.9. The molecule has 0 radical (unpaired) electrons. The minimum Gasteiger partial charge on any atom is -0.497 e. The molecule has 0 amide bonds. The predicted octanol–water partition coefficient (Wildman–Crippen LogP) is 3.61. The summed E-state index contributed by atoms with van der Waals surface area (Å²) in [6.45, 7) is 0.661. The summed E-state index contributed by atoms with van der Waals surface area (Å²) in [6.07, 6.45) is 1.94. The minimum atomic E-state index is -0.371. The van der Waals surface area contributed by atoms with Gasteiger partial charge < -0.3 is 9.30 Å². The van der Waals surface area contributed by atoms with Gasteiger partial charge in [0.25, 0.3) is 5.69 Å². The van der Waals surface area contributed by atoms with Crippen LogP contribution in [0.2, 0.25) is 0 Å². The Morgan fingerprint density at radius 2 is 1.90 bits per heavy atom. The van der Waals surface area contributed by atoms with Crippen LogP contribution < -0.4 is 4.74 Å². The molecular formula is C16H14N2O3. The summed E-state index contributed by atoms with van der Waals surface area (Å²) in [6, 6.07) is 14.7. The quantitative estimate of drug-likeness (QED) is 0.542. The molecule has 0 N–H and O–H groups in total. The lowest BCUT2D eigenvalue weighted by molar-refractivity contribution is -0.384. The molecular weight excluding hydrogens is 268 g/mol. The normalized spacial score (nSPS) is 10.7. The van der Waals surface area contributed by atoms with Gasteiger partial charge in [-0.1, -0.05) is 12.1 Å². The summed E-state index contributed by atoms with van der Waals surface area (Å²) in [5, 5.41) is 11.9. The average molecular weight is 282 g/mol. The molecule has 1 aromatic heterocycles. The molecule has 0 fully saturated rings. The van der Waals surface area contributed by atoms with E-state index in [1.807, 2.05) is 41.1 Å². The van der Waals surface area contributed by atoms with E-state index in [-0.39, 0.29) is 10.6 Å². The first-order valence-electron chi connectivity index (χ1n) is 6.53. The highest BCUT2D eigenvalue weighted by molar-refractivity contribution is 5.82. The number of benzene rings is 2. The van der Waals surface area contributed by atoms with E-state index in [0.717, 1.165) is 22.2 Å². The summed E-state index contributed by atoms with van der Waals surface area (Å²) in [5.41, 5.74) is 2.08. The molecule has 0 atom stereocenters. The third kappa shape index (κ3) is 2.58. The number of ether oxygens (including phenoxy) is 1. The fraction of sp³-hybridized carbons (Fsp3) is 0.125. The Morgan fingerprint density at radius 1 is 1.14 bits per heavy atom. The number of hydrogen-bond acceptors (Lipinski definition) is 3. The topological polar surface area (TPSA) is 57.3 Å². The number of fused-ring (bicyclic) bond motifs is 1. The second kappa shape index (κ2) is 5.28. The molecule has 0 aliphatic carbocycles. The van der Waals surface area contributed by atoms with Crippen LogP contribution in [0.1, 0.15) is 5.56 Å². The number of hydrogen-bond donors (Lipinski definition) is 0. The Balaban J connectivity index is 1.95. The van der Waals surface area contributed by atoms with Crippen LogP contribution in [0.25, 0.3) is 10.9 Å². The van der Waals surface area contributed by atoms with Crippen molar-refractivity contribution in [1.29, 1.82) is 0 Å². The van der Waals surface area contributed by atoms with Crippen molar-refractivity contribution in [3.05, 3.63) is 70.4 Å². The number of nitro benzene ring substituents is 1. The zero-order chi connectivity index (χ0) is 14.8. The predicted molar refractivity (Wildman–Crippen MR) is 80.7 cm³/mol. The van der Waals surface area contributed by atoms with Crippen molar-refractivity contribution >= 4 is 16.6 Å². The van der Waals surface area contributed by atoms with Gasteiger partial charge in [-0.05, 0) is 29.8 Å². The fourth-order valence-electron chi connectivity index (χ4n) is 2.35. The van der Waals surface area contributed by atoms with Crippen molar-refractivity contribution in [3.63, 3.8) is 0 Å². The van der Waals surface area contributed by atoms with E-state index >= 15 is 0 Å². The summed E-state index contributed by atoms with van der Waals surface area (Å²) in [5.74, 6) is 0.812. The first-order chi connectivity index (χ1) is 10.2. The standard InChI is InChI=1S/C16H14N2O3/c1-21-15-6-2-12(3-7-15)11-17-9-8-13-4-5-14(18(19)20)10-16(13)17/h2-10H,11H2,1H3. The second-order valence-electron chi connectivity index (χ2n) is 4.79. The Bertz CT molecular complexity index is 791. The largest absolute Gasteiger partial charge is 0.497 e. The zero-order valence-corrected chi connectivity index (χ0v) is 11.5. The summed E-state index contributed by atoms with van der Waals surface area (Å²) < 4.78 is 7.14. The SMILES string of the molecule is COc1ccc(Cn2ccc3ccc([N+](=O)[O-])cc32)cc1. The summed E-state index contributed by atoms with van der Waals surface area (Å²) >= 11 is 0. The number of aromatic nitrogens is 1. The number of methoxy groups -OCH3 is 1. The first kappa shape index (κ1) is 13.2. The van der Waals surface area contributed by atoms with Crippen LogP contribution in [0.15, 0.2) is 54.7 Å². The third-order valence-corrected chi connectivity index (χ3v) is 3.48. The molecule has 21 heavy (non-hydrogen) atoms. The van der Waals surface area contributed by atoms with E-state index < -0.39 is 0 Å². The number of non-ortho nitro benzene ring substituents is 1. The molecule has 3 aromatic rings. The van der Waals surface area contributed by atoms with Gasteiger partial charge in [-0.3, -0.25) is 10.1 Å². The van der Waals surface area contributed by atoms with Gasteiger partial charge >= 0.3 is 0 Å². The minimum absolute atomic E-state index is 0.109. The van der Waals surface area contributed by atoms with Crippen molar-refractivity contribution in [2.45, 2.75) is 6.54 Å². The zero-order valence-electron chi connectivity index (χ0n) is 11.5. The van der Waals surface area contributed by atoms with Gasteiger partial charge in [-0.15, -0.1) is 0 Å². The van der Waals surface area contributed by atoms with Gasteiger partial charge in [0, 0.05) is 30.3 Å². The highest BCUT2D eigenvalue weighted by Gasteiger charge is 2.09. The molecule has 2 aromatic carbocycles.